The first-order valence-electron chi connectivity index (χ1n) is 15.7. The van der Waals surface area contributed by atoms with Crippen LogP contribution in [0.5, 0.6) is 0 Å². The lowest BCUT2D eigenvalue weighted by molar-refractivity contribution is -0.116. The molecule has 46 heavy (non-hydrogen) atoms. The van der Waals surface area contributed by atoms with E-state index in [9.17, 15) is 9.59 Å². The van der Waals surface area contributed by atoms with Crippen LogP contribution in [0.1, 0.15) is 30.4 Å². The summed E-state index contributed by atoms with van der Waals surface area (Å²) in [7, 11) is 0. The number of carbonyl (C=O) groups excluding carboxylic acids is 2. The number of nitrogen functional groups attached to an aromatic ring is 1. The highest BCUT2D eigenvalue weighted by atomic mass is 16.6. The molecule has 0 atom stereocenters. The van der Waals surface area contributed by atoms with Gasteiger partial charge in [-0.15, -0.1) is 0 Å². The Morgan fingerprint density at radius 2 is 1.35 bits per heavy atom. The molecule has 4 aromatic carbocycles. The van der Waals surface area contributed by atoms with Crippen LogP contribution >= 0.6 is 0 Å². The average molecular weight is 625 g/mol. The molecular formula is C37H44N4O5. The molecule has 0 bridgehead atoms. The van der Waals surface area contributed by atoms with Crippen molar-refractivity contribution in [1.29, 1.82) is 0 Å². The number of benzene rings is 4. The molecule has 6 N–H and O–H groups in total. The minimum absolute atomic E-state index is 0.0280. The zero-order chi connectivity index (χ0) is 32.6. The highest BCUT2D eigenvalue weighted by Crippen LogP contribution is 2.28. The molecule has 4 aromatic rings. The van der Waals surface area contributed by atoms with E-state index in [1.807, 2.05) is 103 Å². The molecule has 9 heteroatoms. The van der Waals surface area contributed by atoms with E-state index in [1.54, 1.807) is 0 Å². The van der Waals surface area contributed by atoms with Crippen LogP contribution in [-0.4, -0.2) is 66.1 Å². The lowest BCUT2D eigenvalue weighted by atomic mass is 10.0. The Hall–Kier alpha value is -4.70. The maximum atomic E-state index is 12.6. The van der Waals surface area contributed by atoms with E-state index >= 15 is 0 Å². The monoisotopic (exact) mass is 624 g/mol. The number of nitrogens with zero attached hydrogens (tertiary/aromatic N) is 1. The molecule has 0 aromatic heterocycles. The van der Waals surface area contributed by atoms with Crippen molar-refractivity contribution in [3.8, 4) is 11.1 Å². The van der Waals surface area contributed by atoms with Crippen LogP contribution in [0.25, 0.3) is 11.1 Å². The van der Waals surface area contributed by atoms with Crippen molar-refractivity contribution in [2.45, 2.75) is 38.2 Å². The van der Waals surface area contributed by atoms with Crippen molar-refractivity contribution in [1.82, 2.24) is 4.90 Å². The Balaban J connectivity index is 0.000000409. The average Bonchev–Trinajstić information content (AvgIpc) is 3.07. The topological polar surface area (TPSA) is 137 Å². The molecule has 1 saturated heterocycles. The van der Waals surface area contributed by atoms with Gasteiger partial charge in [-0.3, -0.25) is 10.1 Å². The highest BCUT2D eigenvalue weighted by Gasteiger charge is 2.23. The van der Waals surface area contributed by atoms with Crippen LogP contribution < -0.4 is 16.4 Å². The molecule has 0 spiro atoms. The first kappa shape index (κ1) is 34.2. The molecule has 1 aliphatic rings. The van der Waals surface area contributed by atoms with E-state index in [1.165, 1.54) is 0 Å². The minimum atomic E-state index is -0.443. The molecule has 9 nitrogen and oxygen atoms in total. The van der Waals surface area contributed by atoms with Crippen molar-refractivity contribution in [2.24, 2.45) is 0 Å². The molecule has 0 aliphatic carbocycles. The lowest BCUT2D eigenvalue weighted by Gasteiger charge is -2.31. The van der Waals surface area contributed by atoms with Crippen LogP contribution in [0, 0.1) is 0 Å². The number of nitrogens with one attached hydrogen (secondary N) is 2. The van der Waals surface area contributed by atoms with E-state index in [0.29, 0.717) is 25.8 Å². The van der Waals surface area contributed by atoms with E-state index in [2.05, 4.69) is 15.5 Å². The Labute approximate surface area is 271 Å². The number of ether oxygens (including phenoxy) is 1. The standard InChI is InChI=1S/C29H33N3O4.C8H11NO/c33-21-17-22-10-12-24(13-11-22)30-28(34)16-20-32-18-14-25(15-19-32)36-29(35)31-27-9-5-4-8-26(27)23-6-2-1-3-7-23;9-8-3-1-7(2-4-8)5-6-10/h1-13,25,33H,14-21H2,(H,30,34)(H,31,35);1-4,10H,5-6,9H2. The van der Waals surface area contributed by atoms with Gasteiger partial charge < -0.3 is 30.9 Å². The van der Waals surface area contributed by atoms with Crippen molar-refractivity contribution in [2.75, 3.05) is 49.2 Å². The summed E-state index contributed by atoms with van der Waals surface area (Å²) in [5.41, 5.74) is 11.8. The van der Waals surface area contributed by atoms with E-state index in [4.69, 9.17) is 20.7 Å². The number of hydrogen-bond donors (Lipinski definition) is 5. The molecule has 1 fully saturated rings. The molecule has 242 valence electrons. The minimum Gasteiger partial charge on any atom is -0.446 e. The predicted molar refractivity (Wildman–Crippen MR) is 184 cm³/mol. The second kappa shape index (κ2) is 18.3. The van der Waals surface area contributed by atoms with Crippen molar-refractivity contribution in [3.05, 3.63) is 114 Å². The highest BCUT2D eigenvalue weighted by molar-refractivity contribution is 5.92. The number of rotatable bonds is 11. The summed E-state index contributed by atoms with van der Waals surface area (Å²) in [4.78, 5) is 27.1. The first-order valence-corrected chi connectivity index (χ1v) is 15.7. The van der Waals surface area contributed by atoms with Crippen LogP contribution in [0.4, 0.5) is 21.9 Å². The lowest BCUT2D eigenvalue weighted by Crippen LogP contribution is -2.39. The second-order valence-corrected chi connectivity index (χ2v) is 11.2. The summed E-state index contributed by atoms with van der Waals surface area (Å²) >= 11 is 0. The fraction of sp³-hybridized carbons (Fsp3) is 0.297. The maximum absolute atomic E-state index is 12.6. The van der Waals surface area contributed by atoms with Crippen LogP contribution in [0.2, 0.25) is 0 Å². The SMILES string of the molecule is Nc1ccc(CCO)cc1.O=C(CCN1CCC(OC(=O)Nc2ccccc2-c2ccccc2)CC1)Nc1ccc(CCO)cc1. The zero-order valence-corrected chi connectivity index (χ0v) is 26.1. The van der Waals surface area contributed by atoms with Gasteiger partial charge in [0.15, 0.2) is 0 Å². The van der Waals surface area contributed by atoms with Gasteiger partial charge in [0.2, 0.25) is 5.91 Å². The molecule has 0 radical (unpaired) electrons. The molecule has 2 amide bonds. The van der Waals surface area contributed by atoms with E-state index in [0.717, 1.165) is 65.2 Å². The number of anilines is 3. The van der Waals surface area contributed by atoms with Gasteiger partial charge in [-0.2, -0.15) is 0 Å². The van der Waals surface area contributed by atoms with Gasteiger partial charge >= 0.3 is 6.09 Å². The first-order chi connectivity index (χ1) is 22.4. The van der Waals surface area contributed by atoms with Crippen LogP contribution in [-0.2, 0) is 22.4 Å². The Kier molecular flexibility index (Phi) is 13.6. The summed E-state index contributed by atoms with van der Waals surface area (Å²) < 4.78 is 5.69. The third-order valence-corrected chi connectivity index (χ3v) is 7.73. The molecule has 0 saturated carbocycles. The molecule has 1 aliphatic heterocycles. The smallest absolute Gasteiger partial charge is 0.411 e. The van der Waals surface area contributed by atoms with Crippen molar-refractivity contribution in [3.63, 3.8) is 0 Å². The predicted octanol–water partition coefficient (Wildman–Crippen LogP) is 5.73. The number of piperidine rings is 1. The largest absolute Gasteiger partial charge is 0.446 e. The molecule has 1 heterocycles. The number of aliphatic hydroxyl groups excluding tert-OH is 2. The van der Waals surface area contributed by atoms with Gasteiger partial charge in [0.1, 0.15) is 6.10 Å². The van der Waals surface area contributed by atoms with Gasteiger partial charge in [0, 0.05) is 56.2 Å². The third-order valence-electron chi connectivity index (χ3n) is 7.73. The number of hydrogen-bond acceptors (Lipinski definition) is 7. The fourth-order valence-electron chi connectivity index (χ4n) is 5.18. The summed E-state index contributed by atoms with van der Waals surface area (Å²) in [6.45, 7) is 2.53. The number of carbonyl (C=O) groups is 2. The molecule has 5 rings (SSSR count). The summed E-state index contributed by atoms with van der Waals surface area (Å²) in [5, 5.41) is 23.4. The van der Waals surface area contributed by atoms with Gasteiger partial charge in [-0.25, -0.2) is 4.79 Å². The summed E-state index contributed by atoms with van der Waals surface area (Å²) in [6.07, 6.45) is 2.61. The van der Waals surface area contributed by atoms with Crippen molar-refractivity contribution >= 4 is 29.1 Å². The van der Waals surface area contributed by atoms with Gasteiger partial charge in [0.25, 0.3) is 0 Å². The number of likely N-dealkylation sites (tertiary alicyclic amines) is 1. The number of para-hydroxylation sites is 1. The fourth-order valence-corrected chi connectivity index (χ4v) is 5.18. The van der Waals surface area contributed by atoms with Crippen LogP contribution in [0.3, 0.4) is 0 Å². The normalized spacial score (nSPS) is 13.3. The molecular weight excluding hydrogens is 580 g/mol. The number of nitrogens with two attached hydrogens (primary N) is 1. The quantitative estimate of drug-likeness (QED) is 0.134. The maximum Gasteiger partial charge on any atom is 0.411 e. The Bertz CT molecular complexity index is 1490. The Morgan fingerprint density at radius 1 is 0.761 bits per heavy atom. The summed E-state index contributed by atoms with van der Waals surface area (Å²) in [5.74, 6) is -0.0280. The number of amides is 2. The zero-order valence-electron chi connectivity index (χ0n) is 26.1. The summed E-state index contributed by atoms with van der Waals surface area (Å²) in [6, 6.07) is 32.7. The van der Waals surface area contributed by atoms with E-state index < -0.39 is 6.09 Å². The Morgan fingerprint density at radius 3 is 1.98 bits per heavy atom. The van der Waals surface area contributed by atoms with Gasteiger partial charge in [-0.05, 0) is 72.7 Å². The van der Waals surface area contributed by atoms with Gasteiger partial charge in [-0.1, -0.05) is 72.8 Å². The van der Waals surface area contributed by atoms with Crippen molar-refractivity contribution < 1.29 is 24.5 Å². The second-order valence-electron chi connectivity index (χ2n) is 11.2. The van der Waals surface area contributed by atoms with Crippen LogP contribution in [0.15, 0.2) is 103 Å². The molecule has 0 unspecified atom stereocenters. The van der Waals surface area contributed by atoms with E-state index in [-0.39, 0.29) is 25.2 Å². The third kappa shape index (κ3) is 11.3. The number of aliphatic hydroxyl groups is 2. The van der Waals surface area contributed by atoms with Gasteiger partial charge in [0.05, 0.1) is 5.69 Å².